The number of hydrogen-bond acceptors (Lipinski definition) is 5. The van der Waals surface area contributed by atoms with Gasteiger partial charge in [0.25, 0.3) is 5.91 Å². The van der Waals surface area contributed by atoms with Crippen LogP contribution in [0.4, 0.5) is 14.5 Å². The van der Waals surface area contributed by atoms with Crippen molar-refractivity contribution in [1.82, 2.24) is 4.57 Å². The number of likely N-dealkylation sites (tertiary alicyclic amines) is 1. The lowest BCUT2D eigenvalue weighted by molar-refractivity contribution is -0.914. The van der Waals surface area contributed by atoms with Crippen LogP contribution in [0.15, 0.2) is 65.6 Å². The highest BCUT2D eigenvalue weighted by molar-refractivity contribution is 6.07. The molecule has 0 bridgehead atoms. The Morgan fingerprint density at radius 3 is 2.24 bits per heavy atom. The van der Waals surface area contributed by atoms with Crippen molar-refractivity contribution in [3.05, 3.63) is 88.2 Å². The van der Waals surface area contributed by atoms with Gasteiger partial charge in [0.1, 0.15) is 22.9 Å². The van der Waals surface area contributed by atoms with Gasteiger partial charge in [-0.1, -0.05) is 12.8 Å². The second-order valence-corrected chi connectivity index (χ2v) is 13.1. The normalized spacial score (nSPS) is 14.1. The van der Waals surface area contributed by atoms with Crippen molar-refractivity contribution in [1.29, 1.82) is 0 Å². The van der Waals surface area contributed by atoms with Crippen LogP contribution in [-0.4, -0.2) is 69.0 Å². The first-order valence-electron chi connectivity index (χ1n) is 17.3. The molecule has 0 aliphatic carbocycles. The van der Waals surface area contributed by atoms with E-state index in [0.717, 1.165) is 31.0 Å². The van der Waals surface area contributed by atoms with Crippen LogP contribution in [0.25, 0.3) is 16.6 Å². The molecule has 3 aromatic carbocycles. The number of quaternary nitrogens is 1. The Bertz CT molecular complexity index is 1800. The highest BCUT2D eigenvalue weighted by atomic mass is 19.1. The minimum absolute atomic E-state index is 0.0172. The molecule has 49 heavy (non-hydrogen) atoms. The number of anilines is 1. The summed E-state index contributed by atoms with van der Waals surface area (Å²) in [4.78, 5) is 29.0. The molecule has 0 spiro atoms. The van der Waals surface area contributed by atoms with Crippen molar-refractivity contribution < 1.29 is 32.3 Å². The minimum Gasteiger partial charge on any atom is -0.494 e. The molecular formula is C39H48F2N3O5+. The van der Waals surface area contributed by atoms with E-state index in [1.807, 2.05) is 0 Å². The first-order valence-corrected chi connectivity index (χ1v) is 17.3. The largest absolute Gasteiger partial charge is 0.494 e. The fourth-order valence-corrected chi connectivity index (χ4v) is 6.83. The average molecular weight is 677 g/mol. The number of methoxy groups -OCH3 is 2. The van der Waals surface area contributed by atoms with Crippen LogP contribution in [0.5, 0.6) is 17.2 Å². The number of nitrogens with zero attached hydrogens (tertiary/aromatic N) is 3. The van der Waals surface area contributed by atoms with Gasteiger partial charge in [0.2, 0.25) is 5.43 Å². The summed E-state index contributed by atoms with van der Waals surface area (Å²) in [5, 5.41) is 0.291. The number of fused-ring (bicyclic) bond motifs is 1. The maximum Gasteiger partial charge on any atom is 0.263 e. The van der Waals surface area contributed by atoms with Crippen molar-refractivity contribution >= 4 is 22.5 Å². The Balaban J connectivity index is 1.38. The highest BCUT2D eigenvalue weighted by Crippen LogP contribution is 2.32. The molecule has 5 rings (SSSR count). The lowest BCUT2D eigenvalue weighted by Gasteiger charge is -2.37. The van der Waals surface area contributed by atoms with Crippen LogP contribution in [0, 0.1) is 11.6 Å². The Hall–Kier alpha value is -4.44. The van der Waals surface area contributed by atoms with E-state index >= 15 is 0 Å². The van der Waals surface area contributed by atoms with Crippen molar-refractivity contribution in [3.8, 4) is 22.9 Å². The fourth-order valence-electron chi connectivity index (χ4n) is 6.83. The summed E-state index contributed by atoms with van der Waals surface area (Å²) in [6.45, 7) is 6.19. The molecule has 1 saturated heterocycles. The molecule has 1 fully saturated rings. The van der Waals surface area contributed by atoms with Crippen LogP contribution in [0.3, 0.4) is 0 Å². The van der Waals surface area contributed by atoms with Gasteiger partial charge in [-0.05, 0) is 81.8 Å². The van der Waals surface area contributed by atoms with Gasteiger partial charge >= 0.3 is 0 Å². The molecule has 0 unspecified atom stereocenters. The van der Waals surface area contributed by atoms with E-state index in [2.05, 4.69) is 7.05 Å². The van der Waals surface area contributed by atoms with Gasteiger partial charge in [-0.25, -0.2) is 8.78 Å². The molecule has 1 amide bonds. The zero-order valence-electron chi connectivity index (χ0n) is 29.1. The van der Waals surface area contributed by atoms with Crippen LogP contribution >= 0.6 is 0 Å². The molecule has 10 heteroatoms. The Morgan fingerprint density at radius 1 is 0.857 bits per heavy atom. The highest BCUT2D eigenvalue weighted by Gasteiger charge is 2.25. The van der Waals surface area contributed by atoms with E-state index in [0.29, 0.717) is 40.4 Å². The molecule has 262 valence electrons. The second-order valence-electron chi connectivity index (χ2n) is 13.1. The van der Waals surface area contributed by atoms with Gasteiger partial charge in [-0.2, -0.15) is 0 Å². The van der Waals surface area contributed by atoms with Gasteiger partial charge in [0, 0.05) is 47.7 Å². The van der Waals surface area contributed by atoms with Gasteiger partial charge in [-0.15, -0.1) is 0 Å². The van der Waals surface area contributed by atoms with E-state index in [1.54, 1.807) is 47.9 Å². The number of ether oxygens (including phenoxy) is 3. The fraction of sp³-hybridized carbons (Fsp3) is 0.436. The maximum absolute atomic E-state index is 14.1. The number of rotatable bonds is 15. The molecule has 8 nitrogen and oxygen atoms in total. The zero-order chi connectivity index (χ0) is 35.0. The number of carbonyl (C=O) groups excluding carboxylic acids is 1. The predicted molar refractivity (Wildman–Crippen MR) is 190 cm³/mol. The zero-order valence-corrected chi connectivity index (χ0v) is 29.1. The number of hydrogen-bond donors (Lipinski definition) is 0. The monoisotopic (exact) mass is 676 g/mol. The van der Waals surface area contributed by atoms with E-state index in [-0.39, 0.29) is 17.8 Å². The Morgan fingerprint density at radius 2 is 1.55 bits per heavy atom. The molecule has 2 heterocycles. The van der Waals surface area contributed by atoms with Gasteiger partial charge in [-0.3, -0.25) is 9.59 Å². The third kappa shape index (κ3) is 8.60. The second kappa shape index (κ2) is 16.3. The number of pyridine rings is 1. The first-order chi connectivity index (χ1) is 23.7. The number of halogens is 2. The molecule has 0 N–H and O–H groups in total. The summed E-state index contributed by atoms with van der Waals surface area (Å²) in [7, 11) is 5.47. The van der Waals surface area contributed by atoms with Crippen LogP contribution in [-0.2, 0) is 0 Å². The molecule has 0 atom stereocenters. The quantitative estimate of drug-likeness (QED) is 0.0946. The smallest absolute Gasteiger partial charge is 0.263 e. The Kier molecular flexibility index (Phi) is 11.9. The molecule has 1 aliphatic heterocycles. The molecule has 0 saturated carbocycles. The predicted octanol–water partition coefficient (Wildman–Crippen LogP) is 7.91. The molecule has 0 radical (unpaired) electrons. The van der Waals surface area contributed by atoms with Crippen molar-refractivity contribution in [2.24, 2.45) is 0 Å². The average Bonchev–Trinajstić information content (AvgIpc) is 3.09. The van der Waals surface area contributed by atoms with E-state index < -0.39 is 23.0 Å². The van der Waals surface area contributed by atoms with Gasteiger partial charge in [0.05, 0.1) is 53.0 Å². The van der Waals surface area contributed by atoms with E-state index in [9.17, 15) is 18.4 Å². The molecule has 1 aromatic heterocycles. The lowest BCUT2D eigenvalue weighted by atomic mass is 10.1. The van der Waals surface area contributed by atoms with E-state index in [4.69, 9.17) is 14.2 Å². The van der Waals surface area contributed by atoms with Crippen molar-refractivity contribution in [2.45, 2.75) is 58.3 Å². The number of carbonyl (C=O) groups is 1. The third-order valence-corrected chi connectivity index (χ3v) is 9.58. The first kappa shape index (κ1) is 35.9. The maximum atomic E-state index is 14.1. The van der Waals surface area contributed by atoms with Crippen LogP contribution in [0.2, 0.25) is 0 Å². The molecule has 1 aliphatic rings. The summed E-state index contributed by atoms with van der Waals surface area (Å²) < 4.78 is 48.3. The minimum atomic E-state index is -0.821. The topological polar surface area (TPSA) is 70.0 Å². The number of unbranched alkanes of at least 4 members (excludes halogenated alkanes) is 4. The lowest BCUT2D eigenvalue weighted by Crippen LogP contribution is -2.48. The summed E-state index contributed by atoms with van der Waals surface area (Å²) in [6.07, 6.45) is 11.2. The van der Waals surface area contributed by atoms with Crippen molar-refractivity contribution in [2.75, 3.05) is 59.0 Å². The summed E-state index contributed by atoms with van der Waals surface area (Å²) in [5.74, 6) is -0.737. The number of benzene rings is 3. The van der Waals surface area contributed by atoms with Crippen LogP contribution < -0.4 is 24.5 Å². The SMILES string of the molecule is CCN(C(=O)c1cn(-c2ccc(OC)c(OC)c2)c2cc(OCCCCCCC[N+]3(C)CCCCC3)ccc2c1=O)c1cc(F)cc(F)c1. The van der Waals surface area contributed by atoms with Gasteiger partial charge < -0.3 is 28.2 Å². The number of piperidine rings is 1. The number of aromatic nitrogens is 1. The summed E-state index contributed by atoms with van der Waals surface area (Å²) in [5.41, 5.74) is 0.497. The van der Waals surface area contributed by atoms with E-state index in [1.165, 1.54) is 88.0 Å². The number of amides is 1. The molecular weight excluding hydrogens is 628 g/mol. The van der Waals surface area contributed by atoms with Crippen LogP contribution in [0.1, 0.15) is 68.6 Å². The third-order valence-electron chi connectivity index (χ3n) is 9.58. The summed E-state index contributed by atoms with van der Waals surface area (Å²) in [6, 6.07) is 13.3. The standard InChI is InChI=1S/C39H48F2N3O5/c1-5-42(31-23-28(40)22-29(41)24-31)39(46)34-27-43(30-14-17-36(47-3)37(25-30)48-4)35-26-32(15-16-33(35)38(34)45)49-21-13-8-6-7-10-18-44(2)19-11-9-12-20-44/h14-17,22-27H,5-13,18-21H2,1-4H3/q+1. The summed E-state index contributed by atoms with van der Waals surface area (Å²) >= 11 is 0. The molecule has 4 aromatic rings. The van der Waals surface area contributed by atoms with Crippen molar-refractivity contribution in [3.63, 3.8) is 0 Å². The Labute approximate surface area is 287 Å². The van der Waals surface area contributed by atoms with Gasteiger partial charge in [0.15, 0.2) is 11.5 Å².